The highest BCUT2D eigenvalue weighted by Gasteiger charge is 2.23. The first-order valence-electron chi connectivity index (χ1n) is 8.22. The molecule has 0 aromatic heterocycles. The fourth-order valence-electron chi connectivity index (χ4n) is 2.82. The molecule has 1 heterocycles. The number of esters is 1. The van der Waals surface area contributed by atoms with Gasteiger partial charge in [-0.25, -0.2) is 0 Å². The van der Waals surface area contributed by atoms with Gasteiger partial charge in [0.25, 0.3) is 0 Å². The van der Waals surface area contributed by atoms with Crippen LogP contribution in [-0.2, 0) is 14.3 Å². The predicted octanol–water partition coefficient (Wildman–Crippen LogP) is 3.34. The number of nitrogens with zero attached hydrogens (tertiary/aromatic N) is 1. The first kappa shape index (κ1) is 17.9. The summed E-state index contributed by atoms with van der Waals surface area (Å²) in [5.74, 6) is 0.705. The van der Waals surface area contributed by atoms with Crippen molar-refractivity contribution in [2.75, 3.05) is 25.4 Å². The molecule has 23 heavy (non-hydrogen) atoms. The molecule has 1 fully saturated rings. The number of carbonyl (C=O) groups excluding carboxylic acids is 2. The Morgan fingerprint density at radius 2 is 2.04 bits per heavy atom. The molecule has 0 radical (unpaired) electrons. The van der Waals surface area contributed by atoms with Crippen LogP contribution in [-0.4, -0.2) is 42.2 Å². The number of hydrogen-bond donors (Lipinski definition) is 0. The minimum absolute atomic E-state index is 0.0593. The average Bonchev–Trinajstić information content (AvgIpc) is 2.79. The number of amides is 1. The lowest BCUT2D eigenvalue weighted by Gasteiger charge is -2.20. The molecule has 5 heteroatoms. The van der Waals surface area contributed by atoms with Crippen LogP contribution in [0.2, 0.25) is 0 Å². The Labute approximate surface area is 142 Å². The fourth-order valence-corrected chi connectivity index (χ4v) is 4.14. The molecule has 1 aromatic rings. The number of ether oxygens (including phenoxy) is 1. The molecule has 1 saturated heterocycles. The number of rotatable bonds is 5. The van der Waals surface area contributed by atoms with Crippen LogP contribution in [0.5, 0.6) is 0 Å². The lowest BCUT2D eigenvalue weighted by atomic mass is 10.0. The zero-order chi connectivity index (χ0) is 16.7. The van der Waals surface area contributed by atoms with Gasteiger partial charge in [-0.05, 0) is 31.4 Å². The second kappa shape index (κ2) is 8.96. The maximum absolute atomic E-state index is 12.3. The highest BCUT2D eigenvalue weighted by Crippen LogP contribution is 2.35. The number of aryl methyl sites for hydroxylation is 1. The van der Waals surface area contributed by atoms with Crippen molar-refractivity contribution in [3.8, 4) is 0 Å². The second-order valence-electron chi connectivity index (χ2n) is 5.69. The van der Waals surface area contributed by atoms with Crippen LogP contribution in [0.25, 0.3) is 0 Å². The third-order valence-corrected chi connectivity index (χ3v) is 5.39. The van der Waals surface area contributed by atoms with E-state index in [1.54, 1.807) is 6.92 Å². The van der Waals surface area contributed by atoms with Crippen LogP contribution in [0.1, 0.15) is 42.6 Å². The van der Waals surface area contributed by atoms with Gasteiger partial charge in [-0.1, -0.05) is 24.3 Å². The molecule has 0 aliphatic carbocycles. The highest BCUT2D eigenvalue weighted by molar-refractivity contribution is 7.99. The van der Waals surface area contributed by atoms with Gasteiger partial charge < -0.3 is 9.64 Å². The normalized spacial score (nSPS) is 18.3. The van der Waals surface area contributed by atoms with E-state index in [0.717, 1.165) is 25.3 Å². The molecular weight excluding hydrogens is 310 g/mol. The molecule has 0 N–H and O–H groups in total. The molecular formula is C18H25NO3S. The van der Waals surface area contributed by atoms with Gasteiger partial charge in [-0.15, -0.1) is 0 Å². The van der Waals surface area contributed by atoms with Crippen LogP contribution in [0.3, 0.4) is 0 Å². The molecule has 1 aliphatic rings. The molecule has 0 saturated carbocycles. The Balaban J connectivity index is 1.87. The van der Waals surface area contributed by atoms with E-state index in [4.69, 9.17) is 4.74 Å². The van der Waals surface area contributed by atoms with Crippen molar-refractivity contribution in [1.82, 2.24) is 4.90 Å². The van der Waals surface area contributed by atoms with Crippen LogP contribution in [0.15, 0.2) is 24.3 Å². The maximum atomic E-state index is 12.3. The third kappa shape index (κ3) is 5.27. The lowest BCUT2D eigenvalue weighted by molar-refractivity contribution is -0.145. The van der Waals surface area contributed by atoms with E-state index in [9.17, 15) is 9.59 Å². The van der Waals surface area contributed by atoms with E-state index in [2.05, 4.69) is 31.2 Å². The third-order valence-electron chi connectivity index (χ3n) is 4.08. The molecule has 2 rings (SSSR count). The summed E-state index contributed by atoms with van der Waals surface area (Å²) in [6, 6.07) is 8.47. The summed E-state index contributed by atoms with van der Waals surface area (Å²) in [7, 11) is 0. The summed E-state index contributed by atoms with van der Waals surface area (Å²) in [5, 5.41) is 0.444. The van der Waals surface area contributed by atoms with Gasteiger partial charge in [0.2, 0.25) is 5.91 Å². The molecule has 1 aliphatic heterocycles. The Bertz CT molecular complexity index is 547. The minimum Gasteiger partial charge on any atom is -0.466 e. The smallest absolute Gasteiger partial charge is 0.306 e. The van der Waals surface area contributed by atoms with Crippen LogP contribution < -0.4 is 0 Å². The van der Waals surface area contributed by atoms with Crippen molar-refractivity contribution in [3.05, 3.63) is 35.4 Å². The van der Waals surface area contributed by atoms with Gasteiger partial charge in [0.05, 0.1) is 13.0 Å². The second-order valence-corrected chi connectivity index (χ2v) is 7.00. The molecule has 126 valence electrons. The van der Waals surface area contributed by atoms with Gasteiger partial charge >= 0.3 is 5.97 Å². The molecule has 4 nitrogen and oxygen atoms in total. The van der Waals surface area contributed by atoms with Gasteiger partial charge in [0.1, 0.15) is 0 Å². The summed E-state index contributed by atoms with van der Waals surface area (Å²) < 4.78 is 4.88. The van der Waals surface area contributed by atoms with Crippen molar-refractivity contribution >= 4 is 23.6 Å². The quantitative estimate of drug-likeness (QED) is 0.774. The van der Waals surface area contributed by atoms with E-state index in [1.807, 2.05) is 16.7 Å². The summed E-state index contributed by atoms with van der Waals surface area (Å²) in [6.07, 6.45) is 1.39. The highest BCUT2D eigenvalue weighted by atomic mass is 32.2. The number of thioether (sulfide) groups is 1. The van der Waals surface area contributed by atoms with E-state index in [0.29, 0.717) is 11.9 Å². The summed E-state index contributed by atoms with van der Waals surface area (Å²) >= 11 is 1.92. The zero-order valence-electron chi connectivity index (χ0n) is 13.9. The van der Waals surface area contributed by atoms with E-state index >= 15 is 0 Å². The topological polar surface area (TPSA) is 46.6 Å². The SMILES string of the molecule is CCOC(=O)CCC(=O)N1CCSC(c2ccccc2C)CC1. The average molecular weight is 335 g/mol. The number of benzene rings is 1. The zero-order valence-corrected chi connectivity index (χ0v) is 14.7. The van der Waals surface area contributed by atoms with Gasteiger partial charge in [-0.2, -0.15) is 11.8 Å². The van der Waals surface area contributed by atoms with E-state index < -0.39 is 0 Å². The number of hydrogen-bond acceptors (Lipinski definition) is 4. The Kier molecular flexibility index (Phi) is 6.96. The van der Waals surface area contributed by atoms with Crippen molar-refractivity contribution in [2.45, 2.75) is 38.4 Å². The van der Waals surface area contributed by atoms with Crippen LogP contribution in [0, 0.1) is 6.92 Å². The molecule has 1 atom stereocenters. The van der Waals surface area contributed by atoms with Crippen LogP contribution in [0.4, 0.5) is 0 Å². The van der Waals surface area contributed by atoms with Crippen molar-refractivity contribution in [1.29, 1.82) is 0 Å². The molecule has 0 bridgehead atoms. The molecule has 0 spiro atoms. The van der Waals surface area contributed by atoms with Gasteiger partial charge in [-0.3, -0.25) is 9.59 Å². The van der Waals surface area contributed by atoms with Gasteiger partial charge in [0.15, 0.2) is 0 Å². The standard InChI is InChI=1S/C18H25NO3S/c1-3-22-18(21)9-8-17(20)19-11-10-16(23-13-12-19)15-7-5-4-6-14(15)2/h4-7,16H,3,8-13H2,1-2H3. The summed E-state index contributed by atoms with van der Waals surface area (Å²) in [6.45, 7) is 5.80. The van der Waals surface area contributed by atoms with Crippen LogP contribution >= 0.6 is 11.8 Å². The maximum Gasteiger partial charge on any atom is 0.306 e. The number of carbonyl (C=O) groups is 2. The molecule has 1 amide bonds. The predicted molar refractivity (Wildman–Crippen MR) is 93.4 cm³/mol. The fraction of sp³-hybridized carbons (Fsp3) is 0.556. The van der Waals surface area contributed by atoms with Crippen molar-refractivity contribution in [3.63, 3.8) is 0 Å². The molecule has 1 unspecified atom stereocenters. The first-order valence-corrected chi connectivity index (χ1v) is 9.27. The Morgan fingerprint density at radius 1 is 1.26 bits per heavy atom. The monoisotopic (exact) mass is 335 g/mol. The Hall–Kier alpha value is -1.49. The van der Waals surface area contributed by atoms with Crippen molar-refractivity contribution in [2.24, 2.45) is 0 Å². The van der Waals surface area contributed by atoms with E-state index in [-0.39, 0.29) is 24.7 Å². The first-order chi connectivity index (χ1) is 11.1. The summed E-state index contributed by atoms with van der Waals surface area (Å²) in [4.78, 5) is 25.5. The van der Waals surface area contributed by atoms with Gasteiger partial charge in [0, 0.05) is 30.5 Å². The Morgan fingerprint density at radius 3 is 2.78 bits per heavy atom. The summed E-state index contributed by atoms with van der Waals surface area (Å²) in [5.41, 5.74) is 2.69. The lowest BCUT2D eigenvalue weighted by Crippen LogP contribution is -2.33. The van der Waals surface area contributed by atoms with E-state index in [1.165, 1.54) is 11.1 Å². The largest absolute Gasteiger partial charge is 0.466 e. The molecule has 1 aromatic carbocycles. The minimum atomic E-state index is -0.289. The van der Waals surface area contributed by atoms with Crippen molar-refractivity contribution < 1.29 is 14.3 Å².